The average Bonchev–Trinajstić information content (AvgIpc) is 2.15. The van der Waals surface area contributed by atoms with Crippen LogP contribution in [-0.2, 0) is 0 Å². The fourth-order valence-electron chi connectivity index (χ4n) is 1.06. The summed E-state index contributed by atoms with van der Waals surface area (Å²) in [6.45, 7) is 15.4. The second kappa shape index (κ2) is 7.41. The number of rotatable bonds is 6. The summed E-state index contributed by atoms with van der Waals surface area (Å²) in [6, 6.07) is 0.264. The van der Waals surface area contributed by atoms with Crippen LogP contribution in [0.4, 0.5) is 0 Å². The first kappa shape index (κ1) is 14.1. The Labute approximate surface area is 94.2 Å². The molecule has 1 N–H and O–H groups in total. The van der Waals surface area contributed by atoms with Gasteiger partial charge in [0.1, 0.15) is 0 Å². The largest absolute Gasteiger partial charge is 0.309 e. The molecular weight excluding hydrogens is 184 g/mol. The van der Waals surface area contributed by atoms with Gasteiger partial charge in [-0.3, -0.25) is 4.99 Å². The number of nitrogens with zero attached hydrogens (tertiary/aromatic N) is 1. The third-order valence-corrected chi connectivity index (χ3v) is 1.96. The topological polar surface area (TPSA) is 24.4 Å². The molecule has 0 aliphatic rings. The highest BCUT2D eigenvalue weighted by Crippen LogP contribution is 1.97. The molecule has 0 rings (SSSR count). The van der Waals surface area contributed by atoms with Crippen LogP contribution in [-0.4, -0.2) is 18.3 Å². The lowest BCUT2D eigenvalue weighted by atomic mass is 10.1. The summed E-state index contributed by atoms with van der Waals surface area (Å²) < 4.78 is 0. The second-order valence-corrected chi connectivity index (χ2v) is 4.49. The van der Waals surface area contributed by atoms with E-state index in [1.807, 2.05) is 26.1 Å². The summed E-state index contributed by atoms with van der Waals surface area (Å²) in [5.41, 5.74) is 2.20. The molecule has 1 unspecified atom stereocenters. The van der Waals surface area contributed by atoms with Crippen molar-refractivity contribution in [3.63, 3.8) is 0 Å². The number of hydrogen-bond acceptors (Lipinski definition) is 2. The van der Waals surface area contributed by atoms with Crippen molar-refractivity contribution in [2.45, 2.75) is 40.7 Å². The molecule has 0 radical (unpaired) electrons. The van der Waals surface area contributed by atoms with Crippen molar-refractivity contribution in [1.29, 1.82) is 0 Å². The standard InChI is InChI=1S/C13H24N2/c1-7-13(15-9-11(4)5)12(6)14-8-10(2)3/h7,9-10,12,14H,1,8H2,2-6H3/b15-13+. The van der Waals surface area contributed by atoms with Crippen molar-refractivity contribution in [2.75, 3.05) is 6.54 Å². The van der Waals surface area contributed by atoms with Crippen molar-refractivity contribution in [2.24, 2.45) is 10.9 Å². The smallest absolute Gasteiger partial charge is 0.0564 e. The first-order chi connectivity index (χ1) is 6.97. The van der Waals surface area contributed by atoms with Gasteiger partial charge in [0.2, 0.25) is 0 Å². The third-order valence-electron chi connectivity index (χ3n) is 1.96. The van der Waals surface area contributed by atoms with Gasteiger partial charge >= 0.3 is 0 Å². The van der Waals surface area contributed by atoms with Gasteiger partial charge in [-0.15, -0.1) is 0 Å². The molecule has 0 aromatic rings. The predicted molar refractivity (Wildman–Crippen MR) is 69.4 cm³/mol. The van der Waals surface area contributed by atoms with E-state index in [2.05, 4.69) is 37.7 Å². The van der Waals surface area contributed by atoms with Crippen molar-refractivity contribution in [3.05, 3.63) is 24.4 Å². The molecule has 0 aliphatic heterocycles. The van der Waals surface area contributed by atoms with Gasteiger partial charge in [-0.05, 0) is 39.3 Å². The SMILES string of the molecule is C=C/C(=N\C=C(C)C)C(C)NCC(C)C. The lowest BCUT2D eigenvalue weighted by Crippen LogP contribution is -2.35. The van der Waals surface area contributed by atoms with E-state index in [0.717, 1.165) is 12.3 Å². The lowest BCUT2D eigenvalue weighted by Gasteiger charge is -2.15. The summed E-state index contributed by atoms with van der Waals surface area (Å²) in [5.74, 6) is 0.655. The van der Waals surface area contributed by atoms with Gasteiger partial charge in [0, 0.05) is 12.2 Å². The Bertz CT molecular complexity index is 245. The van der Waals surface area contributed by atoms with Crippen molar-refractivity contribution >= 4 is 5.71 Å². The number of allylic oxidation sites excluding steroid dienone is 1. The molecule has 1 atom stereocenters. The maximum Gasteiger partial charge on any atom is 0.0564 e. The van der Waals surface area contributed by atoms with Crippen LogP contribution in [0.25, 0.3) is 0 Å². The summed E-state index contributed by atoms with van der Waals surface area (Å²) in [7, 11) is 0. The molecule has 0 spiro atoms. The van der Waals surface area contributed by atoms with Gasteiger partial charge in [0.25, 0.3) is 0 Å². The molecular formula is C13H24N2. The van der Waals surface area contributed by atoms with E-state index in [0.29, 0.717) is 5.92 Å². The molecule has 2 heteroatoms. The van der Waals surface area contributed by atoms with E-state index in [1.54, 1.807) is 0 Å². The fraction of sp³-hybridized carbons (Fsp3) is 0.615. The molecule has 0 fully saturated rings. The van der Waals surface area contributed by atoms with Crippen LogP contribution < -0.4 is 5.32 Å². The van der Waals surface area contributed by atoms with Gasteiger partial charge in [0.05, 0.1) is 5.71 Å². The van der Waals surface area contributed by atoms with Crippen LogP contribution in [0.15, 0.2) is 29.4 Å². The fourth-order valence-corrected chi connectivity index (χ4v) is 1.06. The molecule has 0 amide bonds. The molecule has 0 saturated heterocycles. The maximum absolute atomic E-state index is 4.39. The van der Waals surface area contributed by atoms with Crippen LogP contribution in [0.5, 0.6) is 0 Å². The second-order valence-electron chi connectivity index (χ2n) is 4.49. The van der Waals surface area contributed by atoms with Crippen LogP contribution >= 0.6 is 0 Å². The van der Waals surface area contributed by atoms with E-state index >= 15 is 0 Å². The number of hydrogen-bond donors (Lipinski definition) is 1. The molecule has 0 aromatic carbocycles. The van der Waals surface area contributed by atoms with Gasteiger partial charge < -0.3 is 5.32 Å². The van der Waals surface area contributed by atoms with E-state index < -0.39 is 0 Å². The highest BCUT2D eigenvalue weighted by Gasteiger charge is 2.06. The quantitative estimate of drug-likeness (QED) is 0.666. The Hall–Kier alpha value is -0.890. The monoisotopic (exact) mass is 208 g/mol. The minimum Gasteiger partial charge on any atom is -0.309 e. The van der Waals surface area contributed by atoms with E-state index in [9.17, 15) is 0 Å². The zero-order chi connectivity index (χ0) is 11.8. The first-order valence-corrected chi connectivity index (χ1v) is 5.54. The summed E-state index contributed by atoms with van der Waals surface area (Å²) >= 11 is 0. The van der Waals surface area contributed by atoms with Crippen LogP contribution in [0.2, 0.25) is 0 Å². The minimum absolute atomic E-state index is 0.264. The van der Waals surface area contributed by atoms with Gasteiger partial charge in [-0.1, -0.05) is 26.0 Å². The lowest BCUT2D eigenvalue weighted by molar-refractivity contribution is 0.539. The molecule has 0 bridgehead atoms. The van der Waals surface area contributed by atoms with E-state index in [1.165, 1.54) is 5.57 Å². The van der Waals surface area contributed by atoms with Crippen molar-refractivity contribution in [1.82, 2.24) is 5.32 Å². The molecule has 86 valence electrons. The Morgan fingerprint density at radius 1 is 1.33 bits per heavy atom. The Morgan fingerprint density at radius 3 is 2.33 bits per heavy atom. The van der Waals surface area contributed by atoms with E-state index in [-0.39, 0.29) is 6.04 Å². The summed E-state index contributed by atoms with van der Waals surface area (Å²) in [4.78, 5) is 4.39. The molecule has 0 heterocycles. The molecule has 0 saturated carbocycles. The zero-order valence-corrected chi connectivity index (χ0v) is 10.7. The molecule has 15 heavy (non-hydrogen) atoms. The number of nitrogens with one attached hydrogen (secondary N) is 1. The normalized spacial score (nSPS) is 13.9. The minimum atomic E-state index is 0.264. The summed E-state index contributed by atoms with van der Waals surface area (Å²) in [5, 5.41) is 3.43. The number of aliphatic imine (C=N–C) groups is 1. The highest BCUT2D eigenvalue weighted by molar-refractivity contribution is 5.98. The zero-order valence-electron chi connectivity index (χ0n) is 10.7. The van der Waals surface area contributed by atoms with Gasteiger partial charge in [-0.25, -0.2) is 0 Å². The summed E-state index contributed by atoms with van der Waals surface area (Å²) in [6.07, 6.45) is 3.70. The van der Waals surface area contributed by atoms with Crippen molar-refractivity contribution in [3.8, 4) is 0 Å². The predicted octanol–water partition coefficient (Wildman–Crippen LogP) is 3.17. The van der Waals surface area contributed by atoms with E-state index in [4.69, 9.17) is 0 Å². The maximum atomic E-state index is 4.39. The van der Waals surface area contributed by atoms with Crippen LogP contribution in [0, 0.1) is 5.92 Å². The van der Waals surface area contributed by atoms with Gasteiger partial charge in [0.15, 0.2) is 0 Å². The first-order valence-electron chi connectivity index (χ1n) is 5.54. The van der Waals surface area contributed by atoms with Crippen molar-refractivity contribution < 1.29 is 0 Å². The highest BCUT2D eigenvalue weighted by atomic mass is 14.9. The molecule has 0 aliphatic carbocycles. The Balaban J connectivity index is 4.34. The molecule has 0 aromatic heterocycles. The van der Waals surface area contributed by atoms with Crippen LogP contribution in [0.3, 0.4) is 0 Å². The Kier molecular flexibility index (Phi) is 6.97. The van der Waals surface area contributed by atoms with Crippen LogP contribution in [0.1, 0.15) is 34.6 Å². The molecule has 2 nitrogen and oxygen atoms in total. The van der Waals surface area contributed by atoms with Gasteiger partial charge in [-0.2, -0.15) is 0 Å². The third kappa shape index (κ3) is 7.09. The average molecular weight is 208 g/mol. The Morgan fingerprint density at radius 2 is 1.93 bits per heavy atom.